The van der Waals surface area contributed by atoms with Crippen molar-refractivity contribution >= 4 is 89.7 Å². The number of aryl methyl sites for hydroxylation is 3. The molecule has 290 valence electrons. The van der Waals surface area contributed by atoms with Crippen LogP contribution in [-0.4, -0.2) is 66.6 Å². The number of hydrogen-bond donors (Lipinski definition) is 1. The molecule has 0 fully saturated rings. The summed E-state index contributed by atoms with van der Waals surface area (Å²) in [4.78, 5) is 49.9. The van der Waals surface area contributed by atoms with Gasteiger partial charge in [-0.15, -0.1) is 0 Å². The molecule has 0 saturated carbocycles. The largest absolute Gasteiger partial charge is 0.361 e. The maximum atomic E-state index is 12.7. The van der Waals surface area contributed by atoms with Crippen LogP contribution in [0.25, 0.3) is 28.2 Å². The third kappa shape index (κ3) is 11.0. The number of rotatable bonds is 15. The fraction of sp³-hybridized carbons (Fsp3) is 0.300. The number of nitrogens with one attached hydrogen (secondary N) is 1. The van der Waals surface area contributed by atoms with Gasteiger partial charge >= 0.3 is 0 Å². The molecule has 56 heavy (non-hydrogen) atoms. The number of nitrogens with zero attached hydrogens (tertiary/aromatic N) is 7. The maximum Gasteiger partial charge on any atom is 0.274 e. The van der Waals surface area contributed by atoms with Crippen LogP contribution in [0.15, 0.2) is 96.5 Å². The van der Waals surface area contributed by atoms with Crippen LogP contribution in [-0.2, 0) is 29.1 Å². The molecule has 0 radical (unpaired) electrons. The number of hydrogen-bond acceptors (Lipinski definition) is 10. The zero-order valence-corrected chi connectivity index (χ0v) is 37.2. The molecule has 1 aromatic carbocycles. The van der Waals surface area contributed by atoms with Crippen LogP contribution in [0.5, 0.6) is 0 Å². The summed E-state index contributed by atoms with van der Waals surface area (Å²) in [6, 6.07) is 16.8. The Morgan fingerprint density at radius 2 is 1.55 bits per heavy atom. The number of aromatic amines is 1. The zero-order chi connectivity index (χ0) is 39.8. The average Bonchev–Trinajstić information content (AvgIpc) is 3.98. The van der Waals surface area contributed by atoms with E-state index < -0.39 is 8.07 Å². The number of Topliss-reactive ketones (excluding diaryl/α,β-unsaturated/α-hetero) is 2. The number of fused-ring (bicyclic) bond motifs is 1. The van der Waals surface area contributed by atoms with Crippen LogP contribution < -0.4 is 0 Å². The SMILES string of the molecule is C[Si](C)(C)CCOCn1c(C(=O)CCc2ccncc2)nc(Br)c1Br.Cc1noc(-c2cc3cc(C4=C(Br)CC(C(=O)CCc5ccncc5)=N4)ccc3[nH]2)n1. The van der Waals surface area contributed by atoms with E-state index in [2.05, 4.69) is 102 Å². The molecular formula is C40H41Br3N8O4Si. The van der Waals surface area contributed by atoms with Crippen molar-refractivity contribution in [2.75, 3.05) is 6.61 Å². The van der Waals surface area contributed by atoms with Gasteiger partial charge in [-0.25, -0.2) is 9.98 Å². The number of carbonyl (C=O) groups is 2. The second-order valence-electron chi connectivity index (χ2n) is 14.5. The Labute approximate surface area is 351 Å². The first-order valence-corrected chi connectivity index (χ1v) is 24.2. The number of ether oxygens (including phenoxy) is 1. The fourth-order valence-corrected chi connectivity index (χ4v) is 7.87. The van der Waals surface area contributed by atoms with Crippen molar-refractivity contribution in [3.05, 3.63) is 115 Å². The predicted molar refractivity (Wildman–Crippen MR) is 230 cm³/mol. The Morgan fingerprint density at radius 3 is 2.18 bits per heavy atom. The lowest BCUT2D eigenvalue weighted by Gasteiger charge is -2.16. The molecule has 1 aliphatic rings. The highest BCUT2D eigenvalue weighted by Gasteiger charge is 2.24. The Kier molecular flexibility index (Phi) is 13.9. The minimum absolute atomic E-state index is 0.00277. The molecule has 0 aliphatic carbocycles. The van der Waals surface area contributed by atoms with Crippen molar-refractivity contribution in [1.29, 1.82) is 0 Å². The van der Waals surface area contributed by atoms with E-state index >= 15 is 0 Å². The second kappa shape index (κ2) is 18.8. The van der Waals surface area contributed by atoms with Gasteiger partial charge in [0.2, 0.25) is 0 Å². The molecule has 7 rings (SSSR count). The highest BCUT2D eigenvalue weighted by Crippen LogP contribution is 2.35. The van der Waals surface area contributed by atoms with E-state index in [1.807, 2.05) is 48.5 Å². The van der Waals surface area contributed by atoms with Crippen molar-refractivity contribution in [2.45, 2.75) is 71.4 Å². The van der Waals surface area contributed by atoms with Crippen molar-refractivity contribution < 1.29 is 18.8 Å². The van der Waals surface area contributed by atoms with E-state index in [4.69, 9.17) is 9.26 Å². The first kappa shape index (κ1) is 41.4. The molecule has 5 aromatic heterocycles. The summed E-state index contributed by atoms with van der Waals surface area (Å²) in [6.07, 6.45) is 9.65. The molecule has 12 nitrogen and oxygen atoms in total. The molecule has 1 N–H and O–H groups in total. The second-order valence-corrected chi connectivity index (χ2v) is 22.6. The summed E-state index contributed by atoms with van der Waals surface area (Å²) in [7, 11) is -1.13. The fourth-order valence-electron chi connectivity index (χ4n) is 5.79. The number of aliphatic imine (C=N–C) groups is 1. The van der Waals surface area contributed by atoms with Gasteiger partial charge in [-0.3, -0.25) is 24.1 Å². The number of benzene rings is 1. The summed E-state index contributed by atoms with van der Waals surface area (Å²) >= 11 is 10.5. The van der Waals surface area contributed by atoms with Crippen LogP contribution >= 0.6 is 47.8 Å². The number of imidazole rings is 1. The number of aromatic nitrogens is 7. The third-order valence-corrected chi connectivity index (χ3v) is 13.2. The lowest BCUT2D eigenvalue weighted by Crippen LogP contribution is -2.22. The normalized spacial score (nSPS) is 12.9. The van der Waals surface area contributed by atoms with E-state index in [9.17, 15) is 9.59 Å². The van der Waals surface area contributed by atoms with Crippen LogP contribution in [0.3, 0.4) is 0 Å². The van der Waals surface area contributed by atoms with Crippen LogP contribution in [0.4, 0.5) is 0 Å². The molecule has 6 aromatic rings. The monoisotopic (exact) mass is 962 g/mol. The van der Waals surface area contributed by atoms with Gasteiger partial charge in [0.25, 0.3) is 5.89 Å². The summed E-state index contributed by atoms with van der Waals surface area (Å²) in [5, 5.41) is 4.84. The van der Waals surface area contributed by atoms with Gasteiger partial charge in [-0.1, -0.05) is 46.8 Å². The number of carbonyl (C=O) groups excluding carboxylic acids is 2. The maximum absolute atomic E-state index is 12.7. The molecule has 0 atom stereocenters. The molecule has 16 heteroatoms. The topological polar surface area (TPSA) is 154 Å². The van der Waals surface area contributed by atoms with Gasteiger partial charge < -0.3 is 14.2 Å². The number of pyridine rings is 2. The van der Waals surface area contributed by atoms with Crippen LogP contribution in [0, 0.1) is 6.92 Å². The first-order chi connectivity index (χ1) is 26.8. The smallest absolute Gasteiger partial charge is 0.274 e. The van der Waals surface area contributed by atoms with Crippen molar-refractivity contribution in [1.82, 2.24) is 34.6 Å². The molecule has 0 saturated heterocycles. The Hall–Kier alpha value is -4.22. The molecule has 0 amide bonds. The van der Waals surface area contributed by atoms with Gasteiger partial charge in [0.1, 0.15) is 21.6 Å². The van der Waals surface area contributed by atoms with Crippen molar-refractivity contribution in [3.8, 4) is 11.6 Å². The highest BCUT2D eigenvalue weighted by atomic mass is 79.9. The Morgan fingerprint density at radius 1 is 0.893 bits per heavy atom. The summed E-state index contributed by atoms with van der Waals surface area (Å²) in [5.41, 5.74) is 6.25. The summed E-state index contributed by atoms with van der Waals surface area (Å²) < 4.78 is 15.1. The zero-order valence-electron chi connectivity index (χ0n) is 31.5. The lowest BCUT2D eigenvalue weighted by atomic mass is 10.1. The van der Waals surface area contributed by atoms with Crippen molar-refractivity contribution in [3.63, 3.8) is 0 Å². The number of H-pyrrole nitrogens is 1. The molecule has 6 heterocycles. The number of ketones is 2. The van der Waals surface area contributed by atoms with Gasteiger partial charge in [-0.2, -0.15) is 4.98 Å². The van der Waals surface area contributed by atoms with Gasteiger partial charge in [-0.05, 0) is 111 Å². The molecule has 0 unspecified atom stereocenters. The van der Waals surface area contributed by atoms with Gasteiger partial charge in [0.05, 0.1) is 11.4 Å². The average molecular weight is 966 g/mol. The van der Waals surface area contributed by atoms with E-state index in [0.717, 1.165) is 54.1 Å². The summed E-state index contributed by atoms with van der Waals surface area (Å²) in [5.74, 6) is 1.53. The van der Waals surface area contributed by atoms with Crippen LogP contribution in [0.2, 0.25) is 25.7 Å². The Bertz CT molecular complexity index is 2380. The highest BCUT2D eigenvalue weighted by molar-refractivity contribution is 9.13. The number of allylic oxidation sites excluding steroid dienone is 1. The van der Waals surface area contributed by atoms with E-state index in [-0.39, 0.29) is 11.6 Å². The van der Waals surface area contributed by atoms with Gasteiger partial charge in [0, 0.05) is 79.7 Å². The molecular weight excluding hydrogens is 924 g/mol. The first-order valence-electron chi connectivity index (χ1n) is 18.1. The minimum Gasteiger partial charge on any atom is -0.361 e. The van der Waals surface area contributed by atoms with E-state index in [0.29, 0.717) is 73.3 Å². The molecule has 0 bridgehead atoms. The van der Waals surface area contributed by atoms with E-state index in [1.54, 1.807) is 36.3 Å². The van der Waals surface area contributed by atoms with Crippen LogP contribution in [0.1, 0.15) is 52.4 Å². The van der Waals surface area contributed by atoms with E-state index in [1.165, 1.54) is 0 Å². The molecule has 1 aliphatic heterocycles. The Balaban J connectivity index is 0.000000195. The third-order valence-electron chi connectivity index (χ3n) is 8.91. The minimum atomic E-state index is -1.13. The van der Waals surface area contributed by atoms with Crippen molar-refractivity contribution in [2.24, 2.45) is 4.99 Å². The predicted octanol–water partition coefficient (Wildman–Crippen LogP) is 9.96. The van der Waals surface area contributed by atoms with Gasteiger partial charge in [0.15, 0.2) is 23.2 Å². The number of halogens is 3. The quantitative estimate of drug-likeness (QED) is 0.0602. The summed E-state index contributed by atoms with van der Waals surface area (Å²) in [6.45, 7) is 9.74. The standard InChI is InChI=1S/C23H18BrN5O2.C17H23Br2N3O2Si/c1-13-26-23(31-29-13)20-11-16-10-15(3-4-18(16)27-20)22-17(24)12-19(28-22)21(30)5-2-14-6-8-25-9-7-14;1-25(2,3)11-10-24-12-22-16(19)15(18)21-17(22)14(23)5-4-13-6-8-20-9-7-13/h3-4,6-11,27H,2,5,12H2,1H3;6-9H,4-5,10-12H2,1-3H3. The molecule has 0 spiro atoms. The lowest BCUT2D eigenvalue weighted by molar-refractivity contribution is -0.113.